The molecule has 0 unspecified atom stereocenters. The average molecular weight is 406 g/mol. The Hall–Kier alpha value is -2.61. The molecule has 0 spiro atoms. The lowest BCUT2D eigenvalue weighted by Crippen LogP contribution is -2.49. The highest BCUT2D eigenvalue weighted by Crippen LogP contribution is 2.32. The van der Waals surface area contributed by atoms with Crippen LogP contribution in [0.5, 0.6) is 5.75 Å². The summed E-state index contributed by atoms with van der Waals surface area (Å²) < 4.78 is 0.649. The van der Waals surface area contributed by atoms with E-state index in [2.05, 4.69) is 15.9 Å². The predicted molar refractivity (Wildman–Crippen MR) is 97.0 cm³/mol. The molecule has 2 aromatic carbocycles. The van der Waals surface area contributed by atoms with Crippen LogP contribution in [0.15, 0.2) is 46.9 Å². The van der Waals surface area contributed by atoms with E-state index in [0.717, 1.165) is 0 Å². The van der Waals surface area contributed by atoms with Gasteiger partial charge in [-0.25, -0.2) is 0 Å². The first-order valence-electron chi connectivity index (χ1n) is 7.73. The van der Waals surface area contributed by atoms with Crippen LogP contribution in [0.25, 0.3) is 0 Å². The van der Waals surface area contributed by atoms with Crippen molar-refractivity contribution in [3.8, 4) is 5.75 Å². The second-order valence-electron chi connectivity index (χ2n) is 5.69. The SMILES string of the molecule is O=C(c1ccccc1O)N1CCN(c2ccc(Br)cc2[N+](=O)[O-])CC1. The predicted octanol–water partition coefficient (Wildman–Crippen LogP) is 3.03. The summed E-state index contributed by atoms with van der Waals surface area (Å²) in [6.45, 7) is 1.84. The molecular weight excluding hydrogens is 390 g/mol. The second kappa shape index (κ2) is 7.10. The van der Waals surface area contributed by atoms with E-state index in [9.17, 15) is 20.0 Å². The van der Waals surface area contributed by atoms with Gasteiger partial charge in [-0.1, -0.05) is 28.1 Å². The smallest absolute Gasteiger partial charge is 0.293 e. The van der Waals surface area contributed by atoms with E-state index < -0.39 is 4.92 Å². The number of nitro benzene ring substituents is 1. The van der Waals surface area contributed by atoms with Crippen LogP contribution in [0, 0.1) is 10.1 Å². The van der Waals surface area contributed by atoms with Crippen LogP contribution >= 0.6 is 15.9 Å². The first-order valence-corrected chi connectivity index (χ1v) is 8.53. The summed E-state index contributed by atoms with van der Waals surface area (Å²) in [5.41, 5.74) is 0.850. The minimum Gasteiger partial charge on any atom is -0.507 e. The van der Waals surface area contributed by atoms with E-state index in [0.29, 0.717) is 36.3 Å². The van der Waals surface area contributed by atoms with Gasteiger partial charge in [0, 0.05) is 36.7 Å². The molecule has 1 saturated heterocycles. The number of phenolic OH excluding ortho intramolecular Hbond substituents is 1. The molecule has 1 aliphatic rings. The van der Waals surface area contributed by atoms with Crippen LogP contribution in [0.4, 0.5) is 11.4 Å². The Balaban J connectivity index is 1.74. The minimum absolute atomic E-state index is 0.0369. The zero-order chi connectivity index (χ0) is 18.0. The van der Waals surface area contributed by atoms with Crippen molar-refractivity contribution in [3.63, 3.8) is 0 Å². The number of nitro groups is 1. The van der Waals surface area contributed by atoms with Crippen LogP contribution in [0.3, 0.4) is 0 Å². The Morgan fingerprint density at radius 1 is 1.12 bits per heavy atom. The topological polar surface area (TPSA) is 86.9 Å². The lowest BCUT2D eigenvalue weighted by atomic mass is 10.1. The van der Waals surface area contributed by atoms with E-state index in [4.69, 9.17) is 0 Å². The number of piperazine rings is 1. The molecule has 1 aliphatic heterocycles. The lowest BCUT2D eigenvalue weighted by Gasteiger charge is -2.35. The van der Waals surface area contributed by atoms with Gasteiger partial charge in [0.2, 0.25) is 0 Å². The normalized spacial score (nSPS) is 14.4. The van der Waals surface area contributed by atoms with Gasteiger partial charge in [-0.15, -0.1) is 0 Å². The minimum atomic E-state index is -0.403. The number of para-hydroxylation sites is 1. The molecule has 1 N–H and O–H groups in total. The maximum atomic E-state index is 12.5. The van der Waals surface area contributed by atoms with Crippen LogP contribution in [0.2, 0.25) is 0 Å². The zero-order valence-corrected chi connectivity index (χ0v) is 14.8. The molecule has 130 valence electrons. The van der Waals surface area contributed by atoms with Crippen molar-refractivity contribution in [3.05, 3.63) is 62.6 Å². The fourth-order valence-electron chi connectivity index (χ4n) is 2.89. The van der Waals surface area contributed by atoms with Crippen LogP contribution < -0.4 is 4.90 Å². The van der Waals surface area contributed by atoms with E-state index >= 15 is 0 Å². The summed E-state index contributed by atoms with van der Waals surface area (Å²) in [5.74, 6) is -0.276. The summed E-state index contributed by atoms with van der Waals surface area (Å²) in [7, 11) is 0. The highest BCUT2D eigenvalue weighted by Gasteiger charge is 2.27. The maximum absolute atomic E-state index is 12.5. The molecule has 7 nitrogen and oxygen atoms in total. The van der Waals surface area contributed by atoms with Crippen molar-refractivity contribution in [2.24, 2.45) is 0 Å². The highest BCUT2D eigenvalue weighted by atomic mass is 79.9. The third-order valence-corrected chi connectivity index (χ3v) is 4.67. The van der Waals surface area contributed by atoms with Gasteiger partial charge in [-0.2, -0.15) is 0 Å². The zero-order valence-electron chi connectivity index (χ0n) is 13.3. The van der Waals surface area contributed by atoms with Crippen molar-refractivity contribution in [1.29, 1.82) is 0 Å². The first kappa shape index (κ1) is 17.2. The number of benzene rings is 2. The van der Waals surface area contributed by atoms with E-state index in [1.807, 2.05) is 4.90 Å². The van der Waals surface area contributed by atoms with Gasteiger partial charge < -0.3 is 14.9 Å². The van der Waals surface area contributed by atoms with Crippen molar-refractivity contribution < 1.29 is 14.8 Å². The van der Waals surface area contributed by atoms with Gasteiger partial charge in [0.05, 0.1) is 10.5 Å². The summed E-state index contributed by atoms with van der Waals surface area (Å²) in [5, 5.41) is 21.1. The summed E-state index contributed by atoms with van der Waals surface area (Å²) in [6.07, 6.45) is 0. The number of amides is 1. The van der Waals surface area contributed by atoms with Crippen LogP contribution in [-0.4, -0.2) is 47.0 Å². The number of hydrogen-bond donors (Lipinski definition) is 1. The van der Waals surface area contributed by atoms with Gasteiger partial charge in [-0.3, -0.25) is 14.9 Å². The molecular formula is C17H16BrN3O4. The quantitative estimate of drug-likeness (QED) is 0.626. The standard InChI is InChI=1S/C17H16BrN3O4/c18-12-5-6-14(15(11-12)21(24)25)19-7-9-20(10-8-19)17(23)13-3-1-2-4-16(13)22/h1-6,11,22H,7-10H2. The average Bonchev–Trinajstić information content (AvgIpc) is 2.61. The van der Waals surface area contributed by atoms with Crippen LogP contribution in [0.1, 0.15) is 10.4 Å². The van der Waals surface area contributed by atoms with Crippen molar-refractivity contribution in [2.45, 2.75) is 0 Å². The molecule has 1 amide bonds. The van der Waals surface area contributed by atoms with Crippen molar-refractivity contribution in [2.75, 3.05) is 31.1 Å². The molecule has 1 fully saturated rings. The number of carbonyl (C=O) groups is 1. The van der Waals surface area contributed by atoms with Crippen molar-refractivity contribution >= 4 is 33.2 Å². The Kier molecular flexibility index (Phi) is 4.89. The third-order valence-electron chi connectivity index (χ3n) is 4.18. The molecule has 25 heavy (non-hydrogen) atoms. The number of phenols is 1. The monoisotopic (exact) mass is 405 g/mol. The van der Waals surface area contributed by atoms with Crippen molar-refractivity contribution in [1.82, 2.24) is 4.90 Å². The molecule has 0 aliphatic carbocycles. The highest BCUT2D eigenvalue weighted by molar-refractivity contribution is 9.10. The molecule has 0 bridgehead atoms. The fraction of sp³-hybridized carbons (Fsp3) is 0.235. The molecule has 3 rings (SSSR count). The number of anilines is 1. The molecule has 8 heteroatoms. The summed E-state index contributed by atoms with van der Waals surface area (Å²) >= 11 is 3.25. The first-order chi connectivity index (χ1) is 12.0. The van der Waals surface area contributed by atoms with Gasteiger partial charge in [0.1, 0.15) is 11.4 Å². The number of nitrogens with zero attached hydrogens (tertiary/aromatic N) is 3. The summed E-state index contributed by atoms with van der Waals surface area (Å²) in [6, 6.07) is 11.4. The molecule has 1 heterocycles. The molecule has 2 aromatic rings. The Labute approximate surface area is 152 Å². The number of rotatable bonds is 3. The number of aromatic hydroxyl groups is 1. The van der Waals surface area contributed by atoms with E-state index in [1.54, 1.807) is 35.2 Å². The van der Waals surface area contributed by atoms with E-state index in [1.165, 1.54) is 12.1 Å². The summed E-state index contributed by atoms with van der Waals surface area (Å²) in [4.78, 5) is 26.9. The molecule has 0 radical (unpaired) electrons. The second-order valence-corrected chi connectivity index (χ2v) is 6.60. The Morgan fingerprint density at radius 2 is 1.80 bits per heavy atom. The maximum Gasteiger partial charge on any atom is 0.293 e. The lowest BCUT2D eigenvalue weighted by molar-refractivity contribution is -0.384. The van der Waals surface area contributed by atoms with E-state index in [-0.39, 0.29) is 22.9 Å². The fourth-order valence-corrected chi connectivity index (χ4v) is 3.23. The Morgan fingerprint density at radius 3 is 2.44 bits per heavy atom. The Bertz CT molecular complexity index is 819. The third kappa shape index (κ3) is 3.58. The van der Waals surface area contributed by atoms with Gasteiger partial charge >= 0.3 is 0 Å². The number of carbonyl (C=O) groups excluding carboxylic acids is 1. The molecule has 0 saturated carbocycles. The van der Waals surface area contributed by atoms with Crippen LogP contribution in [-0.2, 0) is 0 Å². The van der Waals surface area contributed by atoms with Gasteiger partial charge in [0.25, 0.3) is 11.6 Å². The largest absolute Gasteiger partial charge is 0.507 e. The number of halogens is 1. The molecule has 0 aromatic heterocycles. The molecule has 0 atom stereocenters. The number of hydrogen-bond acceptors (Lipinski definition) is 5. The van der Waals surface area contributed by atoms with Gasteiger partial charge in [-0.05, 0) is 24.3 Å². The van der Waals surface area contributed by atoms with Gasteiger partial charge in [0.15, 0.2) is 0 Å².